The molecular weight excluding hydrogens is 206 g/mol. The van der Waals surface area contributed by atoms with Crippen LogP contribution < -0.4 is 5.32 Å². The van der Waals surface area contributed by atoms with Crippen LogP contribution in [0.15, 0.2) is 6.33 Å². The molecule has 0 spiro atoms. The molecule has 1 heterocycles. The van der Waals surface area contributed by atoms with Crippen molar-refractivity contribution in [3.05, 3.63) is 17.7 Å². The first kappa shape index (κ1) is 13.2. The maximum atomic E-state index is 9.97. The van der Waals surface area contributed by atoms with Gasteiger partial charge in [0.15, 0.2) is 0 Å². The van der Waals surface area contributed by atoms with Gasteiger partial charge in [0, 0.05) is 38.9 Å². The van der Waals surface area contributed by atoms with Crippen molar-refractivity contribution in [2.75, 3.05) is 20.3 Å². The molecule has 92 valence electrons. The van der Waals surface area contributed by atoms with Crippen LogP contribution in [0.4, 0.5) is 0 Å². The third-order valence-electron chi connectivity index (χ3n) is 2.58. The summed E-state index contributed by atoms with van der Waals surface area (Å²) in [5.41, 5.74) is 1.31. The molecule has 1 atom stereocenters. The number of aromatic amines is 1. The van der Waals surface area contributed by atoms with Gasteiger partial charge in [-0.1, -0.05) is 0 Å². The van der Waals surface area contributed by atoms with Crippen molar-refractivity contribution in [3.63, 3.8) is 0 Å². The zero-order chi connectivity index (χ0) is 12.0. The summed E-state index contributed by atoms with van der Waals surface area (Å²) >= 11 is 0. The fourth-order valence-corrected chi connectivity index (χ4v) is 1.43. The first-order valence-corrected chi connectivity index (χ1v) is 5.46. The number of aliphatic hydroxyl groups is 1. The van der Waals surface area contributed by atoms with Gasteiger partial charge in [0.1, 0.15) is 0 Å². The van der Waals surface area contributed by atoms with E-state index in [0.717, 1.165) is 11.4 Å². The zero-order valence-electron chi connectivity index (χ0n) is 10.2. The highest BCUT2D eigenvalue weighted by Gasteiger charge is 2.19. The Morgan fingerprint density at radius 3 is 2.94 bits per heavy atom. The molecule has 0 bridgehead atoms. The summed E-state index contributed by atoms with van der Waals surface area (Å²) in [5.74, 6) is 0. The number of aromatic nitrogens is 2. The van der Waals surface area contributed by atoms with Crippen molar-refractivity contribution >= 4 is 0 Å². The molecule has 16 heavy (non-hydrogen) atoms. The lowest BCUT2D eigenvalue weighted by atomic mass is 10.0. The van der Waals surface area contributed by atoms with Crippen LogP contribution in [0.1, 0.15) is 24.7 Å². The predicted molar refractivity (Wildman–Crippen MR) is 62.1 cm³/mol. The monoisotopic (exact) mass is 227 g/mol. The Labute approximate surface area is 96.2 Å². The number of rotatable bonds is 7. The third-order valence-corrected chi connectivity index (χ3v) is 2.58. The van der Waals surface area contributed by atoms with Crippen LogP contribution in [0.3, 0.4) is 0 Å². The van der Waals surface area contributed by atoms with E-state index in [4.69, 9.17) is 4.74 Å². The maximum Gasteiger partial charge on any atom is 0.0925 e. The van der Waals surface area contributed by atoms with E-state index in [9.17, 15) is 5.11 Å². The smallest absolute Gasteiger partial charge is 0.0925 e. The molecule has 1 rings (SSSR count). The van der Waals surface area contributed by atoms with E-state index in [0.29, 0.717) is 26.1 Å². The Kier molecular flexibility index (Phi) is 4.92. The van der Waals surface area contributed by atoms with Crippen molar-refractivity contribution in [1.82, 2.24) is 15.3 Å². The molecule has 0 saturated heterocycles. The van der Waals surface area contributed by atoms with Crippen LogP contribution in [-0.4, -0.2) is 40.9 Å². The summed E-state index contributed by atoms with van der Waals surface area (Å²) in [6, 6.07) is 0. The van der Waals surface area contributed by atoms with E-state index in [1.165, 1.54) is 0 Å². The van der Waals surface area contributed by atoms with Crippen LogP contribution in [0.25, 0.3) is 0 Å². The van der Waals surface area contributed by atoms with Gasteiger partial charge in [-0.15, -0.1) is 0 Å². The third kappa shape index (κ3) is 4.30. The van der Waals surface area contributed by atoms with Crippen LogP contribution in [0.2, 0.25) is 0 Å². The van der Waals surface area contributed by atoms with Gasteiger partial charge in [-0.2, -0.15) is 0 Å². The van der Waals surface area contributed by atoms with Crippen molar-refractivity contribution < 1.29 is 9.84 Å². The van der Waals surface area contributed by atoms with Gasteiger partial charge in [-0.05, 0) is 13.8 Å². The average molecular weight is 227 g/mol. The standard InChI is InChI=1S/C11H21N3O2/c1-9-10(14-8-13-9)6-12-7-11(2,15)4-5-16-3/h8,12,15H,4-7H2,1-3H3,(H,13,14). The SMILES string of the molecule is COCCC(C)(O)CNCc1nc[nH]c1C. The topological polar surface area (TPSA) is 70.2 Å². The van der Waals surface area contributed by atoms with E-state index in [1.54, 1.807) is 20.4 Å². The van der Waals surface area contributed by atoms with E-state index < -0.39 is 5.60 Å². The summed E-state index contributed by atoms with van der Waals surface area (Å²) in [6.45, 7) is 5.54. The van der Waals surface area contributed by atoms with E-state index >= 15 is 0 Å². The molecule has 1 aromatic heterocycles. The minimum atomic E-state index is -0.736. The Morgan fingerprint density at radius 2 is 2.38 bits per heavy atom. The van der Waals surface area contributed by atoms with Crippen molar-refractivity contribution in [2.24, 2.45) is 0 Å². The van der Waals surface area contributed by atoms with Crippen LogP contribution in [0.5, 0.6) is 0 Å². The highest BCUT2D eigenvalue weighted by molar-refractivity contribution is 5.08. The number of hydrogen-bond acceptors (Lipinski definition) is 4. The van der Waals surface area contributed by atoms with Gasteiger partial charge in [-0.25, -0.2) is 4.98 Å². The molecule has 1 unspecified atom stereocenters. The molecule has 0 aliphatic heterocycles. The second-order valence-corrected chi connectivity index (χ2v) is 4.32. The molecule has 0 saturated carbocycles. The van der Waals surface area contributed by atoms with Gasteiger partial charge in [0.25, 0.3) is 0 Å². The number of nitrogens with zero attached hydrogens (tertiary/aromatic N) is 1. The molecule has 0 radical (unpaired) electrons. The largest absolute Gasteiger partial charge is 0.389 e. The van der Waals surface area contributed by atoms with Gasteiger partial charge in [0.05, 0.1) is 17.6 Å². The van der Waals surface area contributed by atoms with Crippen LogP contribution in [0, 0.1) is 6.92 Å². The number of ether oxygens (including phenoxy) is 1. The number of imidazole rings is 1. The van der Waals surface area contributed by atoms with Gasteiger partial charge in [-0.3, -0.25) is 0 Å². The van der Waals surface area contributed by atoms with Crippen molar-refractivity contribution in [3.8, 4) is 0 Å². The lowest BCUT2D eigenvalue weighted by molar-refractivity contribution is 0.0247. The predicted octanol–water partition coefficient (Wildman–Crippen LogP) is 0.595. The normalized spacial score (nSPS) is 15.0. The summed E-state index contributed by atoms with van der Waals surface area (Å²) in [7, 11) is 1.64. The van der Waals surface area contributed by atoms with Crippen LogP contribution in [-0.2, 0) is 11.3 Å². The molecule has 0 aromatic carbocycles. The fraction of sp³-hybridized carbons (Fsp3) is 0.727. The molecule has 5 nitrogen and oxygen atoms in total. The average Bonchev–Trinajstić information content (AvgIpc) is 2.62. The van der Waals surface area contributed by atoms with E-state index in [-0.39, 0.29) is 0 Å². The minimum absolute atomic E-state index is 0.530. The van der Waals surface area contributed by atoms with E-state index in [1.807, 2.05) is 6.92 Å². The fourth-order valence-electron chi connectivity index (χ4n) is 1.43. The number of hydrogen-bond donors (Lipinski definition) is 3. The Balaban J connectivity index is 2.27. The van der Waals surface area contributed by atoms with Crippen molar-refractivity contribution in [1.29, 1.82) is 0 Å². The van der Waals surface area contributed by atoms with Crippen molar-refractivity contribution in [2.45, 2.75) is 32.4 Å². The number of aryl methyl sites for hydroxylation is 1. The van der Waals surface area contributed by atoms with E-state index in [2.05, 4.69) is 15.3 Å². The van der Waals surface area contributed by atoms with Gasteiger partial charge >= 0.3 is 0 Å². The number of nitrogens with one attached hydrogen (secondary N) is 2. The Hall–Kier alpha value is -0.910. The van der Waals surface area contributed by atoms with Gasteiger partial charge < -0.3 is 20.1 Å². The van der Waals surface area contributed by atoms with Crippen LogP contribution >= 0.6 is 0 Å². The molecule has 3 N–H and O–H groups in total. The highest BCUT2D eigenvalue weighted by Crippen LogP contribution is 2.08. The molecule has 1 aromatic rings. The lowest BCUT2D eigenvalue weighted by Crippen LogP contribution is -2.38. The molecule has 5 heteroatoms. The summed E-state index contributed by atoms with van der Waals surface area (Å²) < 4.78 is 4.94. The Bertz CT molecular complexity index is 310. The zero-order valence-corrected chi connectivity index (χ0v) is 10.2. The molecular formula is C11H21N3O2. The summed E-state index contributed by atoms with van der Waals surface area (Å²) in [6.07, 6.45) is 2.30. The molecule has 0 amide bonds. The van der Waals surface area contributed by atoms with Gasteiger partial charge in [0.2, 0.25) is 0 Å². The minimum Gasteiger partial charge on any atom is -0.389 e. The quantitative estimate of drug-likeness (QED) is 0.638. The molecule has 0 aliphatic rings. The second kappa shape index (κ2) is 5.98. The molecule has 0 fully saturated rings. The first-order valence-electron chi connectivity index (χ1n) is 5.46. The molecule has 0 aliphatic carbocycles. The Morgan fingerprint density at radius 1 is 1.62 bits per heavy atom. The second-order valence-electron chi connectivity index (χ2n) is 4.32. The highest BCUT2D eigenvalue weighted by atomic mass is 16.5. The number of H-pyrrole nitrogens is 1. The lowest BCUT2D eigenvalue weighted by Gasteiger charge is -2.23. The summed E-state index contributed by atoms with van der Waals surface area (Å²) in [5, 5.41) is 13.2. The first-order chi connectivity index (χ1) is 7.55. The summed E-state index contributed by atoms with van der Waals surface area (Å²) in [4.78, 5) is 7.19. The number of methoxy groups -OCH3 is 1. The maximum absolute atomic E-state index is 9.97.